The largest absolute Gasteiger partial charge is 0.355 e. The second kappa shape index (κ2) is 6.72. The molecule has 0 aliphatic heterocycles. The number of aromatic nitrogens is 2. The topological polar surface area (TPSA) is 57.8 Å². The molecule has 4 nitrogen and oxygen atoms in total. The van der Waals surface area contributed by atoms with Crippen molar-refractivity contribution in [2.75, 3.05) is 11.9 Å². The Kier molecular flexibility index (Phi) is 4.30. The zero-order chi connectivity index (χ0) is 15.2. The normalized spacial score (nSPS) is 10.4. The van der Waals surface area contributed by atoms with Crippen LogP contribution >= 0.6 is 0 Å². The third-order valence-electron chi connectivity index (χ3n) is 3.36. The molecule has 0 aliphatic rings. The van der Waals surface area contributed by atoms with Gasteiger partial charge in [-0.15, -0.1) is 0 Å². The van der Waals surface area contributed by atoms with Crippen molar-refractivity contribution in [3.05, 3.63) is 82.6 Å². The Balaban J connectivity index is 1.72. The van der Waals surface area contributed by atoms with Crippen LogP contribution in [-0.2, 0) is 6.42 Å². The average Bonchev–Trinajstić information content (AvgIpc) is 2.56. The van der Waals surface area contributed by atoms with E-state index < -0.39 is 0 Å². The van der Waals surface area contributed by atoms with Gasteiger partial charge in [0.1, 0.15) is 0 Å². The smallest absolute Gasteiger partial charge is 0.252 e. The predicted molar refractivity (Wildman–Crippen MR) is 88.9 cm³/mol. The van der Waals surface area contributed by atoms with Gasteiger partial charge in [0, 0.05) is 18.2 Å². The maximum atomic E-state index is 11.8. The maximum Gasteiger partial charge on any atom is 0.252 e. The summed E-state index contributed by atoms with van der Waals surface area (Å²) < 4.78 is 0. The fraction of sp³-hybridized carbons (Fsp3) is 0.111. The summed E-state index contributed by atoms with van der Waals surface area (Å²) >= 11 is 0. The maximum absolute atomic E-state index is 11.8. The number of aromatic amines is 1. The summed E-state index contributed by atoms with van der Waals surface area (Å²) in [5.74, 6) is 0.502. The van der Waals surface area contributed by atoms with Gasteiger partial charge in [-0.3, -0.25) is 9.78 Å². The molecule has 0 radical (unpaired) electrons. The van der Waals surface area contributed by atoms with E-state index in [0.29, 0.717) is 18.2 Å². The molecule has 0 spiro atoms. The molecule has 4 heteroatoms. The first-order chi connectivity index (χ1) is 10.8. The summed E-state index contributed by atoms with van der Waals surface area (Å²) in [5, 5.41) is 3.18. The first kappa shape index (κ1) is 14.1. The number of hydrogen-bond donors (Lipinski definition) is 2. The highest BCUT2D eigenvalue weighted by molar-refractivity contribution is 5.59. The van der Waals surface area contributed by atoms with Crippen molar-refractivity contribution < 1.29 is 0 Å². The Bertz CT molecular complexity index is 782. The zero-order valence-electron chi connectivity index (χ0n) is 12.1. The first-order valence-corrected chi connectivity index (χ1v) is 7.26. The van der Waals surface area contributed by atoms with Crippen molar-refractivity contribution in [3.63, 3.8) is 0 Å². The minimum Gasteiger partial charge on any atom is -0.355 e. The van der Waals surface area contributed by atoms with Crippen LogP contribution in [0.5, 0.6) is 0 Å². The summed E-state index contributed by atoms with van der Waals surface area (Å²) in [7, 11) is 0. The molecular formula is C18H17N3O. The molecule has 0 fully saturated rings. The summed E-state index contributed by atoms with van der Waals surface area (Å²) in [4.78, 5) is 19.0. The third-order valence-corrected chi connectivity index (χ3v) is 3.36. The van der Waals surface area contributed by atoms with Crippen LogP contribution in [0, 0.1) is 0 Å². The quantitative estimate of drug-likeness (QED) is 0.759. The van der Waals surface area contributed by atoms with Crippen LogP contribution in [0.4, 0.5) is 5.95 Å². The molecule has 3 rings (SSSR count). The second-order valence-electron chi connectivity index (χ2n) is 5.01. The summed E-state index contributed by atoms with van der Waals surface area (Å²) in [5.41, 5.74) is 2.69. The fourth-order valence-electron chi connectivity index (χ4n) is 2.27. The van der Waals surface area contributed by atoms with E-state index in [1.807, 2.05) is 48.5 Å². The van der Waals surface area contributed by atoms with Crippen molar-refractivity contribution in [2.45, 2.75) is 6.42 Å². The monoisotopic (exact) mass is 291 g/mol. The van der Waals surface area contributed by atoms with Crippen LogP contribution in [0.3, 0.4) is 0 Å². The molecule has 0 bridgehead atoms. The Morgan fingerprint density at radius 3 is 2.36 bits per heavy atom. The van der Waals surface area contributed by atoms with Gasteiger partial charge in [-0.05, 0) is 12.0 Å². The Hall–Kier alpha value is -2.88. The van der Waals surface area contributed by atoms with Gasteiger partial charge in [-0.1, -0.05) is 60.7 Å². The zero-order valence-corrected chi connectivity index (χ0v) is 12.1. The standard InChI is InChI=1S/C18H17N3O/c22-17-13-16(15-9-5-2-6-10-15)20-18(21-17)19-12-11-14-7-3-1-4-8-14/h1-10,13H,11-12H2,(H2,19,20,21,22). The lowest BCUT2D eigenvalue weighted by Crippen LogP contribution is -2.14. The highest BCUT2D eigenvalue weighted by atomic mass is 16.1. The lowest BCUT2D eigenvalue weighted by atomic mass is 10.1. The van der Waals surface area contributed by atoms with Gasteiger partial charge < -0.3 is 5.32 Å². The number of hydrogen-bond acceptors (Lipinski definition) is 3. The van der Waals surface area contributed by atoms with Gasteiger partial charge in [0.2, 0.25) is 5.95 Å². The van der Waals surface area contributed by atoms with Crippen LogP contribution in [-0.4, -0.2) is 16.5 Å². The SMILES string of the molecule is O=c1cc(-c2ccccc2)nc(NCCc2ccccc2)[nH]1. The van der Waals surface area contributed by atoms with E-state index in [1.54, 1.807) is 0 Å². The van der Waals surface area contributed by atoms with Gasteiger partial charge in [0.05, 0.1) is 5.69 Å². The molecule has 0 unspecified atom stereocenters. The number of rotatable bonds is 5. The van der Waals surface area contributed by atoms with E-state index in [1.165, 1.54) is 11.6 Å². The van der Waals surface area contributed by atoms with Crippen LogP contribution in [0.25, 0.3) is 11.3 Å². The van der Waals surface area contributed by atoms with Crippen molar-refractivity contribution in [3.8, 4) is 11.3 Å². The van der Waals surface area contributed by atoms with Crippen molar-refractivity contribution in [1.82, 2.24) is 9.97 Å². The molecule has 1 heterocycles. The Morgan fingerprint density at radius 1 is 0.955 bits per heavy atom. The van der Waals surface area contributed by atoms with Crippen molar-refractivity contribution in [2.24, 2.45) is 0 Å². The molecule has 22 heavy (non-hydrogen) atoms. The number of nitrogens with zero attached hydrogens (tertiary/aromatic N) is 1. The minimum atomic E-state index is -0.156. The van der Waals surface area contributed by atoms with Crippen LogP contribution in [0.2, 0.25) is 0 Å². The number of nitrogens with one attached hydrogen (secondary N) is 2. The lowest BCUT2D eigenvalue weighted by Gasteiger charge is -2.07. The molecule has 1 aromatic heterocycles. The average molecular weight is 291 g/mol. The molecule has 2 aromatic carbocycles. The molecule has 110 valence electrons. The highest BCUT2D eigenvalue weighted by Gasteiger charge is 2.03. The molecule has 0 saturated carbocycles. The van der Waals surface area contributed by atoms with Crippen LogP contribution in [0.15, 0.2) is 71.5 Å². The third kappa shape index (κ3) is 3.61. The molecule has 0 atom stereocenters. The highest BCUT2D eigenvalue weighted by Crippen LogP contribution is 2.15. The Labute approximate surface area is 128 Å². The van der Waals surface area contributed by atoms with Gasteiger partial charge in [0.25, 0.3) is 5.56 Å². The molecule has 0 saturated heterocycles. The van der Waals surface area contributed by atoms with Gasteiger partial charge >= 0.3 is 0 Å². The number of H-pyrrole nitrogens is 1. The molecule has 0 aliphatic carbocycles. The van der Waals surface area contributed by atoms with E-state index >= 15 is 0 Å². The van der Waals surface area contributed by atoms with E-state index in [2.05, 4.69) is 27.4 Å². The van der Waals surface area contributed by atoms with Gasteiger partial charge in [-0.25, -0.2) is 4.98 Å². The Morgan fingerprint density at radius 2 is 1.64 bits per heavy atom. The summed E-state index contributed by atoms with van der Waals surface area (Å²) in [6.07, 6.45) is 0.875. The van der Waals surface area contributed by atoms with Gasteiger partial charge in [-0.2, -0.15) is 0 Å². The van der Waals surface area contributed by atoms with Crippen LogP contribution in [0.1, 0.15) is 5.56 Å². The summed E-state index contributed by atoms with van der Waals surface area (Å²) in [6, 6.07) is 21.4. The second-order valence-corrected chi connectivity index (χ2v) is 5.01. The summed E-state index contributed by atoms with van der Waals surface area (Å²) in [6.45, 7) is 0.713. The van der Waals surface area contributed by atoms with Crippen molar-refractivity contribution in [1.29, 1.82) is 0 Å². The van der Waals surface area contributed by atoms with Crippen molar-refractivity contribution >= 4 is 5.95 Å². The van der Waals surface area contributed by atoms with E-state index in [4.69, 9.17) is 0 Å². The van der Waals surface area contributed by atoms with E-state index in [-0.39, 0.29) is 5.56 Å². The fourth-order valence-corrected chi connectivity index (χ4v) is 2.27. The van der Waals surface area contributed by atoms with E-state index in [9.17, 15) is 4.79 Å². The molecule has 2 N–H and O–H groups in total. The molecule has 3 aromatic rings. The predicted octanol–water partition coefficient (Wildman–Crippen LogP) is 3.09. The lowest BCUT2D eigenvalue weighted by molar-refractivity contribution is 0.978. The number of benzene rings is 2. The van der Waals surface area contributed by atoms with E-state index in [0.717, 1.165) is 12.0 Å². The molecular weight excluding hydrogens is 274 g/mol. The van der Waals surface area contributed by atoms with Gasteiger partial charge in [0.15, 0.2) is 0 Å². The minimum absolute atomic E-state index is 0.156. The number of anilines is 1. The first-order valence-electron chi connectivity index (χ1n) is 7.26. The molecule has 0 amide bonds. The van der Waals surface area contributed by atoms with Crippen LogP contribution < -0.4 is 10.9 Å².